The minimum Gasteiger partial charge on any atom is -0.463 e. The molecule has 0 spiro atoms. The SMILES string of the molecule is N#Cc1coc2cccc(F)c12. The van der Waals surface area contributed by atoms with Gasteiger partial charge in [-0.1, -0.05) is 6.07 Å². The summed E-state index contributed by atoms with van der Waals surface area (Å²) >= 11 is 0. The van der Waals surface area contributed by atoms with Crippen LogP contribution >= 0.6 is 0 Å². The second kappa shape index (κ2) is 2.35. The van der Waals surface area contributed by atoms with E-state index in [4.69, 9.17) is 9.68 Å². The van der Waals surface area contributed by atoms with Gasteiger partial charge in [0.2, 0.25) is 0 Å². The Balaban J connectivity index is 2.95. The van der Waals surface area contributed by atoms with Crippen LogP contribution in [-0.2, 0) is 0 Å². The van der Waals surface area contributed by atoms with Crippen molar-refractivity contribution in [2.24, 2.45) is 0 Å². The summed E-state index contributed by atoms with van der Waals surface area (Å²) in [6, 6.07) is 6.33. The fraction of sp³-hybridized carbons (Fsp3) is 0. The summed E-state index contributed by atoms with van der Waals surface area (Å²) < 4.78 is 18.0. The summed E-state index contributed by atoms with van der Waals surface area (Å²) in [6.07, 6.45) is 1.26. The zero-order valence-corrected chi connectivity index (χ0v) is 6.04. The molecule has 0 aliphatic rings. The van der Waals surface area contributed by atoms with E-state index in [1.807, 2.05) is 6.07 Å². The molecular formula is C9H4FNO. The molecule has 0 fully saturated rings. The van der Waals surface area contributed by atoms with Gasteiger partial charge in [0, 0.05) is 0 Å². The zero-order valence-electron chi connectivity index (χ0n) is 6.04. The molecule has 2 aromatic rings. The van der Waals surface area contributed by atoms with Crippen molar-refractivity contribution in [2.75, 3.05) is 0 Å². The number of benzene rings is 1. The van der Waals surface area contributed by atoms with E-state index in [0.29, 0.717) is 5.58 Å². The predicted octanol–water partition coefficient (Wildman–Crippen LogP) is 2.44. The Kier molecular flexibility index (Phi) is 1.34. The van der Waals surface area contributed by atoms with Crippen LogP contribution in [0.15, 0.2) is 28.9 Å². The molecule has 0 saturated carbocycles. The number of halogens is 1. The first-order valence-corrected chi connectivity index (χ1v) is 3.39. The quantitative estimate of drug-likeness (QED) is 0.595. The van der Waals surface area contributed by atoms with Crippen molar-refractivity contribution in [1.29, 1.82) is 5.26 Å². The molecule has 2 nitrogen and oxygen atoms in total. The van der Waals surface area contributed by atoms with E-state index in [9.17, 15) is 4.39 Å². The second-order valence-electron chi connectivity index (χ2n) is 2.37. The number of fused-ring (bicyclic) bond motifs is 1. The summed E-state index contributed by atoms with van der Waals surface area (Å²) in [5.41, 5.74) is 0.648. The molecular weight excluding hydrogens is 157 g/mol. The van der Waals surface area contributed by atoms with Gasteiger partial charge >= 0.3 is 0 Å². The van der Waals surface area contributed by atoms with Gasteiger partial charge in [0.15, 0.2) is 0 Å². The van der Waals surface area contributed by atoms with Gasteiger partial charge in [0.25, 0.3) is 0 Å². The average molecular weight is 161 g/mol. The minimum absolute atomic E-state index is 0.239. The van der Waals surface area contributed by atoms with Gasteiger partial charge in [-0.05, 0) is 12.1 Å². The lowest BCUT2D eigenvalue weighted by molar-refractivity contribution is 0.610. The largest absolute Gasteiger partial charge is 0.463 e. The molecule has 0 atom stereocenters. The van der Waals surface area contributed by atoms with E-state index in [1.54, 1.807) is 12.1 Å². The van der Waals surface area contributed by atoms with Crippen LogP contribution in [0.1, 0.15) is 5.56 Å². The van der Waals surface area contributed by atoms with Crippen molar-refractivity contribution in [3.8, 4) is 6.07 Å². The van der Waals surface area contributed by atoms with Gasteiger partial charge in [-0.15, -0.1) is 0 Å². The number of rotatable bonds is 0. The van der Waals surface area contributed by atoms with Crippen molar-refractivity contribution in [3.05, 3.63) is 35.8 Å². The number of hydrogen-bond donors (Lipinski definition) is 0. The molecule has 1 heterocycles. The van der Waals surface area contributed by atoms with Crippen LogP contribution in [0.3, 0.4) is 0 Å². The number of hydrogen-bond acceptors (Lipinski definition) is 2. The van der Waals surface area contributed by atoms with E-state index in [2.05, 4.69) is 0 Å². The third-order valence-electron chi connectivity index (χ3n) is 1.67. The van der Waals surface area contributed by atoms with Crippen LogP contribution in [0.5, 0.6) is 0 Å². The molecule has 58 valence electrons. The third-order valence-corrected chi connectivity index (χ3v) is 1.67. The van der Waals surface area contributed by atoms with Crippen LogP contribution in [0.4, 0.5) is 4.39 Å². The monoisotopic (exact) mass is 161 g/mol. The molecule has 1 aromatic carbocycles. The average Bonchev–Trinajstić information content (AvgIpc) is 2.49. The Morgan fingerprint density at radius 1 is 1.42 bits per heavy atom. The Hall–Kier alpha value is -1.82. The molecule has 0 aliphatic heterocycles. The summed E-state index contributed by atoms with van der Waals surface area (Å²) in [5.74, 6) is -0.419. The fourth-order valence-corrected chi connectivity index (χ4v) is 1.13. The van der Waals surface area contributed by atoms with Crippen molar-refractivity contribution < 1.29 is 8.81 Å². The topological polar surface area (TPSA) is 36.9 Å². The number of nitriles is 1. The van der Waals surface area contributed by atoms with E-state index in [1.165, 1.54) is 12.3 Å². The first kappa shape index (κ1) is 6.86. The fourth-order valence-electron chi connectivity index (χ4n) is 1.13. The van der Waals surface area contributed by atoms with Crippen molar-refractivity contribution in [2.45, 2.75) is 0 Å². The highest BCUT2D eigenvalue weighted by atomic mass is 19.1. The smallest absolute Gasteiger partial charge is 0.138 e. The van der Waals surface area contributed by atoms with E-state index in [0.717, 1.165) is 0 Å². The maximum Gasteiger partial charge on any atom is 0.138 e. The Morgan fingerprint density at radius 3 is 3.00 bits per heavy atom. The maximum atomic E-state index is 13.1. The summed E-state index contributed by atoms with van der Waals surface area (Å²) in [6.45, 7) is 0. The summed E-state index contributed by atoms with van der Waals surface area (Å²) in [4.78, 5) is 0. The van der Waals surface area contributed by atoms with Gasteiger partial charge in [-0.25, -0.2) is 4.39 Å². The lowest BCUT2D eigenvalue weighted by Gasteiger charge is -1.88. The minimum atomic E-state index is -0.419. The van der Waals surface area contributed by atoms with E-state index >= 15 is 0 Å². The van der Waals surface area contributed by atoms with Crippen LogP contribution in [-0.4, -0.2) is 0 Å². The normalized spacial score (nSPS) is 10.0. The lowest BCUT2D eigenvalue weighted by atomic mass is 10.2. The maximum absolute atomic E-state index is 13.1. The highest BCUT2D eigenvalue weighted by Gasteiger charge is 2.08. The van der Waals surface area contributed by atoms with Crippen molar-refractivity contribution >= 4 is 11.0 Å². The molecule has 0 radical (unpaired) electrons. The Morgan fingerprint density at radius 2 is 2.25 bits per heavy atom. The molecule has 3 heteroatoms. The van der Waals surface area contributed by atoms with Gasteiger partial charge < -0.3 is 4.42 Å². The Labute approximate surface area is 67.8 Å². The number of furan rings is 1. The van der Waals surface area contributed by atoms with Gasteiger partial charge in [-0.2, -0.15) is 5.26 Å². The first-order chi connectivity index (χ1) is 5.83. The van der Waals surface area contributed by atoms with Crippen LogP contribution < -0.4 is 0 Å². The van der Waals surface area contributed by atoms with Crippen molar-refractivity contribution in [3.63, 3.8) is 0 Å². The molecule has 0 amide bonds. The van der Waals surface area contributed by atoms with Crippen LogP contribution in [0, 0.1) is 17.1 Å². The molecule has 0 unspecified atom stereocenters. The van der Waals surface area contributed by atoms with Crippen LogP contribution in [0.25, 0.3) is 11.0 Å². The highest BCUT2D eigenvalue weighted by Crippen LogP contribution is 2.22. The van der Waals surface area contributed by atoms with E-state index < -0.39 is 5.82 Å². The second-order valence-corrected chi connectivity index (χ2v) is 2.37. The molecule has 12 heavy (non-hydrogen) atoms. The first-order valence-electron chi connectivity index (χ1n) is 3.39. The zero-order chi connectivity index (χ0) is 8.55. The molecule has 2 rings (SSSR count). The van der Waals surface area contributed by atoms with Gasteiger partial charge in [0.05, 0.1) is 5.39 Å². The number of nitrogens with zero attached hydrogens (tertiary/aromatic N) is 1. The predicted molar refractivity (Wildman–Crippen MR) is 40.9 cm³/mol. The molecule has 1 aromatic heterocycles. The molecule has 0 aliphatic carbocycles. The standard InChI is InChI=1S/C9H4FNO/c10-7-2-1-3-8-9(7)6(4-11)5-12-8/h1-3,5H. The molecule has 0 bridgehead atoms. The lowest BCUT2D eigenvalue weighted by Crippen LogP contribution is -1.76. The van der Waals surface area contributed by atoms with Crippen LogP contribution in [0.2, 0.25) is 0 Å². The molecule has 0 saturated heterocycles. The van der Waals surface area contributed by atoms with Gasteiger partial charge in [-0.3, -0.25) is 0 Å². The Bertz CT molecular complexity index is 467. The summed E-state index contributed by atoms with van der Waals surface area (Å²) in [5, 5.41) is 8.84. The highest BCUT2D eigenvalue weighted by molar-refractivity contribution is 5.84. The third kappa shape index (κ3) is 0.785. The molecule has 0 N–H and O–H groups in total. The van der Waals surface area contributed by atoms with E-state index in [-0.39, 0.29) is 10.9 Å². The summed E-state index contributed by atoms with van der Waals surface area (Å²) in [7, 11) is 0. The van der Waals surface area contributed by atoms with Crippen molar-refractivity contribution in [1.82, 2.24) is 0 Å². The van der Waals surface area contributed by atoms with Gasteiger partial charge in [0.1, 0.15) is 29.3 Å².